The molecule has 1 amide bonds. The summed E-state index contributed by atoms with van der Waals surface area (Å²) in [4.78, 5) is 46.5. The summed E-state index contributed by atoms with van der Waals surface area (Å²) in [7, 11) is 0. The Balaban J connectivity index is 0.000000501. The number of carbonyl (C=O) groups excluding carboxylic acids is 2. The van der Waals surface area contributed by atoms with Crippen molar-refractivity contribution < 1.29 is 34.1 Å². The van der Waals surface area contributed by atoms with Crippen LogP contribution in [-0.2, 0) is 32.0 Å². The van der Waals surface area contributed by atoms with Gasteiger partial charge in [-0.15, -0.1) is 11.3 Å². The number of likely N-dealkylation sites (tertiary alicyclic amines) is 1. The van der Waals surface area contributed by atoms with Crippen molar-refractivity contribution in [3.8, 4) is 0 Å². The number of carboxylic acids is 2. The SMILES string of the molecule is CCOC(=O)c1c(NC(=O)CCN2CCC(C)CC2)sc2c1CCC2.O=C(O)C(=O)O. The molecule has 31 heavy (non-hydrogen) atoms. The number of piperidine rings is 1. The molecule has 1 aromatic heterocycles. The minimum Gasteiger partial charge on any atom is -0.473 e. The maximum atomic E-state index is 12.4. The number of nitrogens with zero attached hydrogens (tertiary/aromatic N) is 1. The van der Waals surface area contributed by atoms with Crippen LogP contribution in [0.3, 0.4) is 0 Å². The number of aryl methyl sites for hydroxylation is 1. The Bertz CT molecular complexity index is 801. The summed E-state index contributed by atoms with van der Waals surface area (Å²) in [6.45, 7) is 7.40. The molecule has 3 N–H and O–H groups in total. The summed E-state index contributed by atoms with van der Waals surface area (Å²) in [6, 6.07) is 0. The van der Waals surface area contributed by atoms with Crippen molar-refractivity contribution >= 4 is 40.2 Å². The van der Waals surface area contributed by atoms with Crippen molar-refractivity contribution in [3.05, 3.63) is 16.0 Å². The molecule has 0 saturated carbocycles. The number of thiophene rings is 1. The van der Waals surface area contributed by atoms with Crippen molar-refractivity contribution in [2.75, 3.05) is 31.6 Å². The summed E-state index contributed by atoms with van der Waals surface area (Å²) >= 11 is 1.55. The lowest BCUT2D eigenvalue weighted by atomic mass is 9.99. The summed E-state index contributed by atoms with van der Waals surface area (Å²) < 4.78 is 5.21. The second kappa shape index (κ2) is 11.8. The van der Waals surface area contributed by atoms with Gasteiger partial charge in [-0.25, -0.2) is 14.4 Å². The number of hydrogen-bond donors (Lipinski definition) is 3. The number of ether oxygens (including phenoxy) is 1. The zero-order valence-corrected chi connectivity index (χ0v) is 18.8. The molecule has 0 unspecified atom stereocenters. The highest BCUT2D eigenvalue weighted by atomic mass is 32.1. The Hall–Kier alpha value is -2.46. The van der Waals surface area contributed by atoms with E-state index in [2.05, 4.69) is 17.1 Å². The highest BCUT2D eigenvalue weighted by Gasteiger charge is 2.28. The fraction of sp³-hybridized carbons (Fsp3) is 0.619. The van der Waals surface area contributed by atoms with Gasteiger partial charge in [0, 0.05) is 17.8 Å². The summed E-state index contributed by atoms with van der Waals surface area (Å²) in [5, 5.41) is 18.4. The monoisotopic (exact) mass is 454 g/mol. The van der Waals surface area contributed by atoms with Crippen LogP contribution in [0.1, 0.15) is 60.3 Å². The molecule has 1 aromatic rings. The third-order valence-corrected chi connectivity index (χ3v) is 6.58. The molecular weight excluding hydrogens is 424 g/mol. The highest BCUT2D eigenvalue weighted by Crippen LogP contribution is 2.39. The number of nitrogens with one attached hydrogen (secondary N) is 1. The first-order valence-electron chi connectivity index (χ1n) is 10.5. The van der Waals surface area contributed by atoms with Crippen molar-refractivity contribution in [1.82, 2.24) is 4.90 Å². The smallest absolute Gasteiger partial charge is 0.414 e. The lowest BCUT2D eigenvalue weighted by molar-refractivity contribution is -0.159. The fourth-order valence-corrected chi connectivity index (χ4v) is 4.94. The number of anilines is 1. The largest absolute Gasteiger partial charge is 0.473 e. The average Bonchev–Trinajstić information content (AvgIpc) is 3.28. The first kappa shape index (κ1) is 24.8. The summed E-state index contributed by atoms with van der Waals surface area (Å²) in [5.41, 5.74) is 1.68. The number of rotatable bonds is 6. The van der Waals surface area contributed by atoms with Gasteiger partial charge in [0.2, 0.25) is 5.91 Å². The third-order valence-electron chi connectivity index (χ3n) is 5.37. The molecule has 9 nitrogen and oxygen atoms in total. The van der Waals surface area contributed by atoms with Gasteiger partial charge in [0.05, 0.1) is 12.2 Å². The van der Waals surface area contributed by atoms with Gasteiger partial charge in [-0.1, -0.05) is 6.92 Å². The van der Waals surface area contributed by atoms with Crippen LogP contribution in [-0.4, -0.2) is 65.2 Å². The van der Waals surface area contributed by atoms with Crippen LogP contribution in [0.5, 0.6) is 0 Å². The molecule has 1 fully saturated rings. The Morgan fingerprint density at radius 3 is 2.35 bits per heavy atom. The molecular formula is C21H30N2O7S. The molecule has 3 rings (SSSR count). The van der Waals surface area contributed by atoms with Crippen LogP contribution in [0, 0.1) is 5.92 Å². The van der Waals surface area contributed by atoms with E-state index in [0.717, 1.165) is 50.4 Å². The van der Waals surface area contributed by atoms with E-state index in [1.807, 2.05) is 6.92 Å². The van der Waals surface area contributed by atoms with Gasteiger partial charge in [-0.3, -0.25) is 4.79 Å². The van der Waals surface area contributed by atoms with Gasteiger partial charge < -0.3 is 25.2 Å². The lowest BCUT2D eigenvalue weighted by Gasteiger charge is -2.29. The normalized spacial score (nSPS) is 16.1. The molecule has 1 aliphatic carbocycles. The number of fused-ring (bicyclic) bond motifs is 1. The molecule has 0 radical (unpaired) electrons. The predicted octanol–water partition coefficient (Wildman–Crippen LogP) is 2.63. The molecule has 172 valence electrons. The first-order chi connectivity index (χ1) is 14.7. The molecule has 0 bridgehead atoms. The molecule has 10 heteroatoms. The third kappa shape index (κ3) is 7.32. The van der Waals surface area contributed by atoms with E-state index in [1.165, 1.54) is 17.7 Å². The maximum Gasteiger partial charge on any atom is 0.414 e. The average molecular weight is 455 g/mol. The molecule has 0 aromatic carbocycles. The van der Waals surface area contributed by atoms with E-state index in [1.54, 1.807) is 11.3 Å². The maximum absolute atomic E-state index is 12.4. The van der Waals surface area contributed by atoms with E-state index in [-0.39, 0.29) is 11.9 Å². The molecule has 2 aliphatic rings. The first-order valence-corrected chi connectivity index (χ1v) is 11.3. The minimum absolute atomic E-state index is 0.0101. The van der Waals surface area contributed by atoms with Crippen LogP contribution in [0.2, 0.25) is 0 Å². The Morgan fingerprint density at radius 2 is 1.77 bits per heavy atom. The van der Waals surface area contributed by atoms with Crippen LogP contribution in [0.25, 0.3) is 0 Å². The van der Waals surface area contributed by atoms with Gasteiger partial charge in [-0.05, 0) is 63.6 Å². The van der Waals surface area contributed by atoms with Gasteiger partial charge in [0.1, 0.15) is 5.00 Å². The second-order valence-electron chi connectivity index (χ2n) is 7.71. The van der Waals surface area contributed by atoms with E-state index < -0.39 is 11.9 Å². The standard InChI is InChI=1S/C19H28N2O3S.C2H2O4/c1-3-24-19(23)17-14-5-4-6-15(14)25-18(17)20-16(22)9-12-21-10-7-13(2)8-11-21;3-1(4)2(5)6/h13H,3-12H2,1-2H3,(H,20,22);(H,3,4)(H,5,6). The molecule has 2 heterocycles. The molecule has 1 saturated heterocycles. The number of amides is 1. The summed E-state index contributed by atoms with van der Waals surface area (Å²) in [6.07, 6.45) is 5.88. The topological polar surface area (TPSA) is 133 Å². The zero-order chi connectivity index (χ0) is 23.0. The number of carboxylic acid groups (broad SMARTS) is 2. The number of carbonyl (C=O) groups is 4. The lowest BCUT2D eigenvalue weighted by Crippen LogP contribution is -2.35. The zero-order valence-electron chi connectivity index (χ0n) is 17.9. The van der Waals surface area contributed by atoms with Gasteiger partial charge in [0.15, 0.2) is 0 Å². The minimum atomic E-state index is -1.82. The molecule has 1 aliphatic heterocycles. The van der Waals surface area contributed by atoms with E-state index >= 15 is 0 Å². The van der Waals surface area contributed by atoms with E-state index in [9.17, 15) is 9.59 Å². The number of esters is 1. The summed E-state index contributed by atoms with van der Waals surface area (Å²) in [5.74, 6) is -3.16. The van der Waals surface area contributed by atoms with E-state index in [4.69, 9.17) is 24.5 Å². The van der Waals surface area contributed by atoms with Crippen LogP contribution >= 0.6 is 11.3 Å². The van der Waals surface area contributed by atoms with Gasteiger partial charge in [0.25, 0.3) is 0 Å². The van der Waals surface area contributed by atoms with Crippen molar-refractivity contribution in [2.24, 2.45) is 5.92 Å². The quantitative estimate of drug-likeness (QED) is 0.441. The van der Waals surface area contributed by atoms with Crippen LogP contribution < -0.4 is 5.32 Å². The fourth-order valence-electron chi connectivity index (χ4n) is 3.65. The predicted molar refractivity (Wildman–Crippen MR) is 116 cm³/mol. The van der Waals surface area contributed by atoms with Crippen LogP contribution in [0.4, 0.5) is 5.00 Å². The van der Waals surface area contributed by atoms with Gasteiger partial charge in [-0.2, -0.15) is 0 Å². The Kier molecular flexibility index (Phi) is 9.44. The van der Waals surface area contributed by atoms with E-state index in [0.29, 0.717) is 23.6 Å². The van der Waals surface area contributed by atoms with Crippen molar-refractivity contribution in [1.29, 1.82) is 0 Å². The number of hydrogen-bond acceptors (Lipinski definition) is 7. The van der Waals surface area contributed by atoms with Crippen LogP contribution in [0.15, 0.2) is 0 Å². The van der Waals surface area contributed by atoms with Crippen molar-refractivity contribution in [2.45, 2.75) is 52.4 Å². The Morgan fingerprint density at radius 1 is 1.13 bits per heavy atom. The molecule has 0 atom stereocenters. The Labute approximate surface area is 185 Å². The van der Waals surface area contributed by atoms with Gasteiger partial charge >= 0.3 is 17.9 Å². The van der Waals surface area contributed by atoms with Crippen molar-refractivity contribution in [3.63, 3.8) is 0 Å². The molecule has 0 spiro atoms. The second-order valence-corrected chi connectivity index (χ2v) is 8.82. The highest BCUT2D eigenvalue weighted by molar-refractivity contribution is 7.17. The number of aliphatic carboxylic acids is 2.